The second-order valence-corrected chi connectivity index (χ2v) is 9.28. The Morgan fingerprint density at radius 3 is 2.43 bits per heavy atom. The first-order chi connectivity index (χ1) is 10.7. The van der Waals surface area contributed by atoms with E-state index >= 15 is 0 Å². The molecule has 0 bridgehead atoms. The smallest absolute Gasteiger partial charge is 0.220 e. The highest BCUT2D eigenvalue weighted by atomic mass is 16.1. The molecule has 0 aromatic heterocycles. The van der Waals surface area contributed by atoms with E-state index in [1.807, 2.05) is 0 Å². The minimum Gasteiger partial charge on any atom is -0.356 e. The molecular formula is C19H37N3O. The fourth-order valence-electron chi connectivity index (χ4n) is 4.94. The van der Waals surface area contributed by atoms with Gasteiger partial charge in [0.1, 0.15) is 0 Å². The average Bonchev–Trinajstić information content (AvgIpc) is 2.34. The highest BCUT2D eigenvalue weighted by molar-refractivity contribution is 5.76. The SMILES string of the molecule is CN1CCC[C@@H](CCNC(=O)CC2CC(C)(C)NC(C)(C)C2)C1. The molecule has 4 nitrogen and oxygen atoms in total. The van der Waals surface area contributed by atoms with Gasteiger partial charge in [0, 0.05) is 30.6 Å². The molecule has 1 atom stereocenters. The van der Waals surface area contributed by atoms with Gasteiger partial charge in [-0.1, -0.05) is 0 Å². The minimum atomic E-state index is 0.124. The standard InChI is InChI=1S/C19H37N3O/c1-18(2)12-16(13-19(3,4)21-18)11-17(23)20-9-8-15-7-6-10-22(5)14-15/h15-16,21H,6-14H2,1-5H3,(H,20,23)/t15-/m0/s1. The molecule has 0 radical (unpaired) electrons. The largest absolute Gasteiger partial charge is 0.356 e. The molecule has 0 unspecified atom stereocenters. The molecule has 2 heterocycles. The van der Waals surface area contributed by atoms with Crippen molar-refractivity contribution < 1.29 is 4.79 Å². The average molecular weight is 324 g/mol. The Labute approximate surface area is 142 Å². The van der Waals surface area contributed by atoms with Crippen molar-refractivity contribution in [3.05, 3.63) is 0 Å². The van der Waals surface area contributed by atoms with Gasteiger partial charge in [0.25, 0.3) is 0 Å². The Hall–Kier alpha value is -0.610. The molecule has 134 valence electrons. The summed E-state index contributed by atoms with van der Waals surface area (Å²) in [6.45, 7) is 12.2. The van der Waals surface area contributed by atoms with Crippen LogP contribution >= 0.6 is 0 Å². The minimum absolute atomic E-state index is 0.124. The predicted octanol–water partition coefficient (Wildman–Crippen LogP) is 2.78. The van der Waals surface area contributed by atoms with Gasteiger partial charge in [0.15, 0.2) is 0 Å². The summed E-state index contributed by atoms with van der Waals surface area (Å²) in [5.74, 6) is 1.49. The van der Waals surface area contributed by atoms with Gasteiger partial charge in [-0.15, -0.1) is 0 Å². The van der Waals surface area contributed by atoms with Crippen LogP contribution in [0.5, 0.6) is 0 Å². The first-order valence-electron chi connectivity index (χ1n) is 9.40. The molecule has 23 heavy (non-hydrogen) atoms. The van der Waals surface area contributed by atoms with Crippen LogP contribution in [0.15, 0.2) is 0 Å². The summed E-state index contributed by atoms with van der Waals surface area (Å²) in [6, 6.07) is 0. The lowest BCUT2D eigenvalue weighted by Crippen LogP contribution is -2.58. The molecule has 1 amide bonds. The van der Waals surface area contributed by atoms with Crippen molar-refractivity contribution >= 4 is 5.91 Å². The van der Waals surface area contributed by atoms with Crippen molar-refractivity contribution in [3.63, 3.8) is 0 Å². The zero-order valence-corrected chi connectivity index (χ0v) is 15.9. The molecule has 0 aliphatic carbocycles. The van der Waals surface area contributed by atoms with Crippen molar-refractivity contribution in [3.8, 4) is 0 Å². The van der Waals surface area contributed by atoms with E-state index in [0.29, 0.717) is 12.3 Å². The van der Waals surface area contributed by atoms with Crippen LogP contribution in [0.2, 0.25) is 0 Å². The third kappa shape index (κ3) is 6.42. The van der Waals surface area contributed by atoms with Crippen LogP contribution in [0.25, 0.3) is 0 Å². The van der Waals surface area contributed by atoms with Crippen LogP contribution < -0.4 is 10.6 Å². The Morgan fingerprint density at radius 1 is 1.17 bits per heavy atom. The van der Waals surface area contributed by atoms with Gasteiger partial charge in [0.05, 0.1) is 0 Å². The highest BCUT2D eigenvalue weighted by Gasteiger charge is 2.38. The molecule has 2 N–H and O–H groups in total. The molecule has 0 aromatic rings. The molecule has 2 rings (SSSR count). The molecule has 0 saturated carbocycles. The van der Waals surface area contributed by atoms with Crippen molar-refractivity contribution in [1.82, 2.24) is 15.5 Å². The van der Waals surface area contributed by atoms with E-state index in [0.717, 1.165) is 31.7 Å². The zero-order chi connectivity index (χ0) is 17.1. The number of hydrogen-bond donors (Lipinski definition) is 2. The summed E-state index contributed by atoms with van der Waals surface area (Å²) < 4.78 is 0. The maximum atomic E-state index is 12.3. The topological polar surface area (TPSA) is 44.4 Å². The third-order valence-corrected chi connectivity index (χ3v) is 5.35. The van der Waals surface area contributed by atoms with Gasteiger partial charge in [-0.25, -0.2) is 0 Å². The van der Waals surface area contributed by atoms with Crippen LogP contribution in [0.1, 0.15) is 66.2 Å². The first kappa shape index (κ1) is 18.7. The molecule has 2 aliphatic heterocycles. The van der Waals surface area contributed by atoms with Crippen molar-refractivity contribution in [2.75, 3.05) is 26.7 Å². The fourth-order valence-corrected chi connectivity index (χ4v) is 4.94. The molecule has 4 heteroatoms. The molecular weight excluding hydrogens is 286 g/mol. The summed E-state index contributed by atoms with van der Waals surface area (Å²) in [4.78, 5) is 14.7. The van der Waals surface area contributed by atoms with E-state index in [4.69, 9.17) is 0 Å². The van der Waals surface area contributed by atoms with Gasteiger partial charge >= 0.3 is 0 Å². The number of amides is 1. The van der Waals surface area contributed by atoms with Crippen molar-refractivity contribution in [2.24, 2.45) is 11.8 Å². The van der Waals surface area contributed by atoms with E-state index in [-0.39, 0.29) is 17.0 Å². The molecule has 2 saturated heterocycles. The fraction of sp³-hybridized carbons (Fsp3) is 0.947. The van der Waals surface area contributed by atoms with Crippen molar-refractivity contribution in [1.29, 1.82) is 0 Å². The number of nitrogens with one attached hydrogen (secondary N) is 2. The van der Waals surface area contributed by atoms with Crippen LogP contribution in [0.4, 0.5) is 0 Å². The maximum absolute atomic E-state index is 12.3. The highest BCUT2D eigenvalue weighted by Crippen LogP contribution is 2.34. The summed E-state index contributed by atoms with van der Waals surface area (Å²) in [6.07, 6.45) is 6.58. The second-order valence-electron chi connectivity index (χ2n) is 9.28. The number of carbonyl (C=O) groups excluding carboxylic acids is 1. The second kappa shape index (κ2) is 7.52. The van der Waals surface area contributed by atoms with Crippen molar-refractivity contribution in [2.45, 2.75) is 77.3 Å². The van der Waals surface area contributed by atoms with Gasteiger partial charge < -0.3 is 15.5 Å². The number of piperidine rings is 2. The van der Waals surface area contributed by atoms with Crippen LogP contribution in [-0.4, -0.2) is 48.6 Å². The maximum Gasteiger partial charge on any atom is 0.220 e. The number of carbonyl (C=O) groups is 1. The third-order valence-electron chi connectivity index (χ3n) is 5.35. The van der Waals surface area contributed by atoms with E-state index in [1.165, 1.54) is 25.9 Å². The zero-order valence-electron chi connectivity index (χ0n) is 15.9. The van der Waals surface area contributed by atoms with Gasteiger partial charge in [-0.2, -0.15) is 0 Å². The van der Waals surface area contributed by atoms with Crippen LogP contribution in [0, 0.1) is 11.8 Å². The van der Waals surface area contributed by atoms with Crippen LogP contribution in [-0.2, 0) is 4.79 Å². The lowest BCUT2D eigenvalue weighted by Gasteiger charge is -2.46. The monoisotopic (exact) mass is 323 g/mol. The van der Waals surface area contributed by atoms with Gasteiger partial charge in [-0.05, 0) is 85.2 Å². The van der Waals surface area contributed by atoms with E-state index < -0.39 is 0 Å². The lowest BCUT2D eigenvalue weighted by molar-refractivity contribution is -0.122. The normalized spacial score (nSPS) is 28.5. The van der Waals surface area contributed by atoms with Gasteiger partial charge in [-0.3, -0.25) is 4.79 Å². The number of rotatable bonds is 5. The van der Waals surface area contributed by atoms with Gasteiger partial charge in [0.2, 0.25) is 5.91 Å². The molecule has 2 aliphatic rings. The summed E-state index contributed by atoms with van der Waals surface area (Å²) >= 11 is 0. The molecule has 2 fully saturated rings. The van der Waals surface area contributed by atoms with E-state index in [1.54, 1.807) is 0 Å². The Kier molecular flexibility index (Phi) is 6.12. The first-order valence-corrected chi connectivity index (χ1v) is 9.40. The predicted molar refractivity (Wildman–Crippen MR) is 96.5 cm³/mol. The summed E-state index contributed by atoms with van der Waals surface area (Å²) in [7, 11) is 2.20. The number of likely N-dealkylation sites (tertiary alicyclic amines) is 1. The lowest BCUT2D eigenvalue weighted by atomic mass is 9.74. The molecule has 0 spiro atoms. The number of hydrogen-bond acceptors (Lipinski definition) is 3. The Morgan fingerprint density at radius 2 is 1.83 bits per heavy atom. The van der Waals surface area contributed by atoms with E-state index in [9.17, 15) is 4.79 Å². The summed E-state index contributed by atoms with van der Waals surface area (Å²) in [5, 5.41) is 6.86. The van der Waals surface area contributed by atoms with E-state index in [2.05, 4.69) is 50.3 Å². The Balaban J connectivity index is 1.70. The summed E-state index contributed by atoms with van der Waals surface area (Å²) in [5.41, 5.74) is 0.249. The Bertz CT molecular complexity index is 389. The quantitative estimate of drug-likeness (QED) is 0.818. The molecule has 0 aromatic carbocycles. The van der Waals surface area contributed by atoms with Crippen LogP contribution in [0.3, 0.4) is 0 Å². The number of nitrogens with zero attached hydrogens (tertiary/aromatic N) is 1.